The molecule has 1 N–H and O–H groups in total. The second-order valence-electron chi connectivity index (χ2n) is 5.65. The second-order valence-corrected chi connectivity index (χ2v) is 5.65. The van der Waals surface area contributed by atoms with E-state index in [4.69, 9.17) is 9.47 Å². The van der Waals surface area contributed by atoms with E-state index in [0.717, 1.165) is 19.6 Å². The Kier molecular flexibility index (Phi) is 6.02. The summed E-state index contributed by atoms with van der Waals surface area (Å²) in [5.74, 6) is 1.20. The van der Waals surface area contributed by atoms with Gasteiger partial charge in [0.2, 0.25) is 11.8 Å². The SMILES string of the molecule is COCCC(C)(C)CNc1nccc(OC(C)C)n1. The van der Waals surface area contributed by atoms with Crippen molar-refractivity contribution in [2.45, 2.75) is 40.2 Å². The zero-order valence-corrected chi connectivity index (χ0v) is 12.6. The van der Waals surface area contributed by atoms with E-state index in [1.807, 2.05) is 13.8 Å². The number of ether oxygens (including phenoxy) is 2. The van der Waals surface area contributed by atoms with E-state index in [1.165, 1.54) is 0 Å². The van der Waals surface area contributed by atoms with Crippen molar-refractivity contribution >= 4 is 5.95 Å². The summed E-state index contributed by atoms with van der Waals surface area (Å²) in [6.07, 6.45) is 2.80. The summed E-state index contributed by atoms with van der Waals surface area (Å²) < 4.78 is 10.7. The largest absolute Gasteiger partial charge is 0.475 e. The predicted molar refractivity (Wildman–Crippen MR) is 76.6 cm³/mol. The zero-order valence-electron chi connectivity index (χ0n) is 12.6. The summed E-state index contributed by atoms with van der Waals surface area (Å²) in [4.78, 5) is 8.52. The lowest BCUT2D eigenvalue weighted by atomic mass is 9.90. The summed E-state index contributed by atoms with van der Waals surface area (Å²) in [5, 5.41) is 3.25. The molecule has 0 aliphatic carbocycles. The minimum Gasteiger partial charge on any atom is -0.475 e. The number of hydrogen-bond donors (Lipinski definition) is 1. The molecule has 0 aliphatic rings. The van der Waals surface area contributed by atoms with E-state index in [0.29, 0.717) is 11.8 Å². The van der Waals surface area contributed by atoms with Gasteiger partial charge in [-0.25, -0.2) is 4.98 Å². The Bertz CT molecular complexity index is 381. The molecule has 0 atom stereocenters. The van der Waals surface area contributed by atoms with Crippen LogP contribution in [0.4, 0.5) is 5.95 Å². The van der Waals surface area contributed by atoms with Crippen molar-refractivity contribution in [3.63, 3.8) is 0 Å². The van der Waals surface area contributed by atoms with Gasteiger partial charge in [0.25, 0.3) is 0 Å². The molecule has 1 aromatic heterocycles. The fourth-order valence-corrected chi connectivity index (χ4v) is 1.52. The number of methoxy groups -OCH3 is 1. The van der Waals surface area contributed by atoms with Gasteiger partial charge in [-0.05, 0) is 25.7 Å². The van der Waals surface area contributed by atoms with Crippen molar-refractivity contribution in [2.24, 2.45) is 5.41 Å². The van der Waals surface area contributed by atoms with Crippen molar-refractivity contribution in [1.82, 2.24) is 9.97 Å². The average molecular weight is 267 g/mol. The number of aromatic nitrogens is 2. The molecule has 0 saturated carbocycles. The molecule has 0 bridgehead atoms. The Morgan fingerprint density at radius 3 is 2.74 bits per heavy atom. The maximum atomic E-state index is 5.54. The van der Waals surface area contributed by atoms with Crippen molar-refractivity contribution < 1.29 is 9.47 Å². The molecule has 1 heterocycles. The van der Waals surface area contributed by atoms with Crippen molar-refractivity contribution in [2.75, 3.05) is 25.6 Å². The minimum absolute atomic E-state index is 0.112. The third kappa shape index (κ3) is 6.38. The van der Waals surface area contributed by atoms with Gasteiger partial charge in [0.1, 0.15) is 0 Å². The predicted octanol–water partition coefficient (Wildman–Crippen LogP) is 2.74. The molecule has 5 heteroatoms. The Morgan fingerprint density at radius 1 is 1.37 bits per heavy atom. The number of anilines is 1. The standard InChI is InChI=1S/C14H25N3O2/c1-11(2)19-12-6-8-15-13(17-12)16-10-14(3,4)7-9-18-5/h6,8,11H,7,9-10H2,1-5H3,(H,15,16,17). The van der Waals surface area contributed by atoms with E-state index in [2.05, 4.69) is 29.1 Å². The average Bonchev–Trinajstić information content (AvgIpc) is 2.34. The van der Waals surface area contributed by atoms with Crippen LogP contribution in [0.2, 0.25) is 0 Å². The number of rotatable bonds is 8. The maximum absolute atomic E-state index is 5.54. The van der Waals surface area contributed by atoms with Crippen molar-refractivity contribution in [3.05, 3.63) is 12.3 Å². The Labute approximate surface area is 115 Å². The van der Waals surface area contributed by atoms with Crippen molar-refractivity contribution in [1.29, 1.82) is 0 Å². The van der Waals surface area contributed by atoms with Crippen LogP contribution in [-0.2, 0) is 4.74 Å². The van der Waals surface area contributed by atoms with Crippen LogP contribution in [-0.4, -0.2) is 36.3 Å². The Morgan fingerprint density at radius 2 is 2.11 bits per heavy atom. The molecule has 0 aliphatic heterocycles. The highest BCUT2D eigenvalue weighted by Crippen LogP contribution is 2.20. The number of nitrogens with zero attached hydrogens (tertiary/aromatic N) is 2. The topological polar surface area (TPSA) is 56.3 Å². The van der Waals surface area contributed by atoms with Crippen LogP contribution in [0.1, 0.15) is 34.1 Å². The van der Waals surface area contributed by atoms with Gasteiger partial charge in [-0.1, -0.05) is 13.8 Å². The first-order chi connectivity index (χ1) is 8.93. The van der Waals surface area contributed by atoms with Gasteiger partial charge in [0, 0.05) is 32.5 Å². The molecule has 19 heavy (non-hydrogen) atoms. The molecule has 0 aromatic carbocycles. The molecule has 0 fully saturated rings. The van der Waals surface area contributed by atoms with Crippen LogP contribution in [0, 0.1) is 5.41 Å². The van der Waals surface area contributed by atoms with E-state index in [9.17, 15) is 0 Å². The summed E-state index contributed by atoms with van der Waals surface area (Å²) in [7, 11) is 1.72. The smallest absolute Gasteiger partial charge is 0.225 e. The number of nitrogens with one attached hydrogen (secondary N) is 1. The quantitative estimate of drug-likeness (QED) is 0.785. The summed E-state index contributed by atoms with van der Waals surface area (Å²) in [6, 6.07) is 1.77. The summed E-state index contributed by atoms with van der Waals surface area (Å²) in [6.45, 7) is 9.88. The van der Waals surface area contributed by atoms with E-state index in [-0.39, 0.29) is 11.5 Å². The van der Waals surface area contributed by atoms with Crippen LogP contribution in [0.15, 0.2) is 12.3 Å². The molecule has 5 nitrogen and oxygen atoms in total. The van der Waals surface area contributed by atoms with Crippen LogP contribution < -0.4 is 10.1 Å². The monoisotopic (exact) mass is 267 g/mol. The number of hydrogen-bond acceptors (Lipinski definition) is 5. The molecule has 108 valence electrons. The minimum atomic E-state index is 0.112. The van der Waals surface area contributed by atoms with E-state index >= 15 is 0 Å². The Balaban J connectivity index is 2.52. The highest BCUT2D eigenvalue weighted by Gasteiger charge is 2.17. The second kappa shape index (κ2) is 7.28. The third-order valence-corrected chi connectivity index (χ3v) is 2.69. The van der Waals surface area contributed by atoms with E-state index < -0.39 is 0 Å². The molecule has 0 spiro atoms. The molecule has 1 aromatic rings. The first-order valence-corrected chi connectivity index (χ1v) is 6.65. The molecular formula is C14H25N3O2. The molecule has 0 unspecified atom stereocenters. The van der Waals surface area contributed by atoms with Gasteiger partial charge in [-0.2, -0.15) is 4.98 Å². The molecule has 0 saturated heterocycles. The van der Waals surface area contributed by atoms with E-state index in [1.54, 1.807) is 19.4 Å². The van der Waals surface area contributed by atoms with Gasteiger partial charge in [0.15, 0.2) is 0 Å². The lowest BCUT2D eigenvalue weighted by molar-refractivity contribution is 0.157. The Hall–Kier alpha value is -1.36. The van der Waals surface area contributed by atoms with Gasteiger partial charge >= 0.3 is 0 Å². The van der Waals surface area contributed by atoms with Gasteiger partial charge in [-0.3, -0.25) is 0 Å². The summed E-state index contributed by atoms with van der Waals surface area (Å²) in [5.41, 5.74) is 0.133. The normalized spacial score (nSPS) is 11.7. The lowest BCUT2D eigenvalue weighted by Gasteiger charge is -2.24. The van der Waals surface area contributed by atoms with Crippen molar-refractivity contribution in [3.8, 4) is 5.88 Å². The first-order valence-electron chi connectivity index (χ1n) is 6.65. The third-order valence-electron chi connectivity index (χ3n) is 2.69. The van der Waals surface area contributed by atoms with Crippen LogP contribution in [0.3, 0.4) is 0 Å². The highest BCUT2D eigenvalue weighted by molar-refractivity contribution is 5.27. The molecule has 1 rings (SSSR count). The van der Waals surface area contributed by atoms with Crippen LogP contribution in [0.25, 0.3) is 0 Å². The van der Waals surface area contributed by atoms with Crippen LogP contribution >= 0.6 is 0 Å². The highest BCUT2D eigenvalue weighted by atomic mass is 16.5. The lowest BCUT2D eigenvalue weighted by Crippen LogP contribution is -2.25. The van der Waals surface area contributed by atoms with Gasteiger partial charge in [-0.15, -0.1) is 0 Å². The van der Waals surface area contributed by atoms with Gasteiger partial charge < -0.3 is 14.8 Å². The molecule has 0 radical (unpaired) electrons. The first kappa shape index (κ1) is 15.7. The van der Waals surface area contributed by atoms with Crippen LogP contribution in [0.5, 0.6) is 5.88 Å². The fourth-order valence-electron chi connectivity index (χ4n) is 1.52. The van der Waals surface area contributed by atoms with Gasteiger partial charge in [0.05, 0.1) is 6.10 Å². The fraction of sp³-hybridized carbons (Fsp3) is 0.714. The molecule has 0 amide bonds. The summed E-state index contributed by atoms with van der Waals surface area (Å²) >= 11 is 0. The zero-order chi connectivity index (χ0) is 14.3. The molecular weight excluding hydrogens is 242 g/mol. The maximum Gasteiger partial charge on any atom is 0.225 e.